The second kappa shape index (κ2) is 8.33. The van der Waals surface area contributed by atoms with E-state index in [1.807, 2.05) is 46.0 Å². The van der Waals surface area contributed by atoms with Crippen molar-refractivity contribution in [1.29, 1.82) is 0 Å². The van der Waals surface area contributed by atoms with E-state index in [9.17, 15) is 0 Å². The minimum Gasteiger partial charge on any atom is -0.358 e. The van der Waals surface area contributed by atoms with Gasteiger partial charge in [0.05, 0.1) is 24.6 Å². The molecule has 0 amide bonds. The quantitative estimate of drug-likeness (QED) is 0.632. The summed E-state index contributed by atoms with van der Waals surface area (Å²) in [7, 11) is 0. The number of nitrogens with one attached hydrogen (secondary N) is 2. The summed E-state index contributed by atoms with van der Waals surface area (Å²) in [4.78, 5) is 0. The predicted molar refractivity (Wildman–Crippen MR) is 108 cm³/mol. The molecule has 0 spiro atoms. The molecule has 1 aromatic carbocycles. The summed E-state index contributed by atoms with van der Waals surface area (Å²) < 4.78 is 3.82. The van der Waals surface area contributed by atoms with Gasteiger partial charge in [0.1, 0.15) is 0 Å². The van der Waals surface area contributed by atoms with Crippen LogP contribution in [-0.2, 0) is 19.6 Å². The number of aryl methyl sites for hydroxylation is 1. The number of hydrogen-bond acceptors (Lipinski definition) is 3. The summed E-state index contributed by atoms with van der Waals surface area (Å²) in [6.45, 7) is 6.31. The highest BCUT2D eigenvalue weighted by Crippen LogP contribution is 2.12. The van der Waals surface area contributed by atoms with Crippen LogP contribution in [0.25, 0.3) is 0 Å². The van der Waals surface area contributed by atoms with Crippen LogP contribution in [0.3, 0.4) is 0 Å². The summed E-state index contributed by atoms with van der Waals surface area (Å²) in [5, 5.41) is 16.3. The zero-order valence-electron chi connectivity index (χ0n) is 14.7. The van der Waals surface area contributed by atoms with Crippen LogP contribution in [0.1, 0.15) is 23.7 Å². The molecule has 0 fully saturated rings. The van der Waals surface area contributed by atoms with Gasteiger partial charge in [-0.25, -0.2) is 0 Å². The zero-order valence-corrected chi connectivity index (χ0v) is 16.3. The van der Waals surface area contributed by atoms with E-state index < -0.39 is 0 Å². The number of nitrogens with zero attached hydrogens (tertiary/aromatic N) is 4. The highest BCUT2D eigenvalue weighted by molar-refractivity contribution is 7.80. The fourth-order valence-corrected chi connectivity index (χ4v) is 2.94. The molecule has 2 aromatic heterocycles. The number of thiocarbonyl (C=S) groups is 1. The van der Waals surface area contributed by atoms with Crippen molar-refractivity contribution in [3.8, 4) is 0 Å². The highest BCUT2D eigenvalue weighted by atomic mass is 35.5. The normalized spacial score (nSPS) is 10.7. The third-order valence-corrected chi connectivity index (χ3v) is 4.59. The van der Waals surface area contributed by atoms with Gasteiger partial charge in [-0.3, -0.25) is 9.36 Å². The van der Waals surface area contributed by atoms with Crippen LogP contribution in [-0.4, -0.2) is 24.7 Å². The maximum atomic E-state index is 5.91. The maximum Gasteiger partial charge on any atom is 0.171 e. The summed E-state index contributed by atoms with van der Waals surface area (Å²) in [6.07, 6.45) is 5.55. The number of rotatable bonds is 6. The van der Waals surface area contributed by atoms with Crippen LogP contribution in [0, 0.1) is 6.92 Å². The van der Waals surface area contributed by atoms with Gasteiger partial charge in [0.25, 0.3) is 0 Å². The summed E-state index contributed by atoms with van der Waals surface area (Å²) in [5.41, 5.74) is 4.26. The third kappa shape index (κ3) is 4.62. The van der Waals surface area contributed by atoms with E-state index in [2.05, 4.69) is 34.7 Å². The minimum absolute atomic E-state index is 0.555. The number of benzene rings is 1. The lowest BCUT2D eigenvalue weighted by Crippen LogP contribution is -2.27. The molecule has 0 aliphatic heterocycles. The van der Waals surface area contributed by atoms with Gasteiger partial charge in [-0.1, -0.05) is 23.7 Å². The molecule has 3 aromatic rings. The van der Waals surface area contributed by atoms with E-state index in [4.69, 9.17) is 23.8 Å². The Balaban J connectivity index is 1.52. The van der Waals surface area contributed by atoms with Crippen molar-refractivity contribution >= 4 is 34.6 Å². The lowest BCUT2D eigenvalue weighted by Gasteiger charge is -2.09. The largest absolute Gasteiger partial charge is 0.358 e. The molecule has 0 aliphatic carbocycles. The van der Waals surface area contributed by atoms with E-state index in [0.717, 1.165) is 34.1 Å². The first-order valence-electron chi connectivity index (χ1n) is 8.38. The molecule has 2 heterocycles. The predicted octanol–water partition coefficient (Wildman–Crippen LogP) is 3.60. The first-order valence-corrected chi connectivity index (χ1v) is 9.17. The van der Waals surface area contributed by atoms with Crippen LogP contribution in [0.4, 0.5) is 5.69 Å². The molecule has 0 atom stereocenters. The lowest BCUT2D eigenvalue weighted by atomic mass is 10.2. The van der Waals surface area contributed by atoms with Gasteiger partial charge in [0.2, 0.25) is 0 Å². The average Bonchev–Trinajstić information content (AvgIpc) is 3.21. The Morgan fingerprint density at radius 3 is 2.65 bits per heavy atom. The van der Waals surface area contributed by atoms with Crippen molar-refractivity contribution in [2.45, 2.75) is 33.5 Å². The van der Waals surface area contributed by atoms with Gasteiger partial charge in [-0.2, -0.15) is 10.2 Å². The van der Waals surface area contributed by atoms with E-state index in [-0.39, 0.29) is 0 Å². The van der Waals surface area contributed by atoms with Gasteiger partial charge in [-0.05, 0) is 43.8 Å². The van der Waals surface area contributed by atoms with Gasteiger partial charge in [0, 0.05) is 35.6 Å². The lowest BCUT2D eigenvalue weighted by molar-refractivity contribution is 0.638. The monoisotopic (exact) mass is 388 g/mol. The summed E-state index contributed by atoms with van der Waals surface area (Å²) in [5.74, 6) is 0. The molecule has 0 saturated heterocycles. The van der Waals surface area contributed by atoms with E-state index in [1.54, 1.807) is 6.20 Å². The molecule has 0 saturated carbocycles. The van der Waals surface area contributed by atoms with Crippen LogP contribution in [0.2, 0.25) is 5.02 Å². The van der Waals surface area contributed by atoms with Gasteiger partial charge < -0.3 is 10.6 Å². The molecule has 0 bridgehead atoms. The average molecular weight is 389 g/mol. The number of anilines is 1. The minimum atomic E-state index is 0.555. The Morgan fingerprint density at radius 1 is 1.19 bits per heavy atom. The van der Waals surface area contributed by atoms with E-state index in [0.29, 0.717) is 18.2 Å². The molecule has 0 radical (unpaired) electrons. The molecular formula is C18H21ClN6S. The van der Waals surface area contributed by atoms with Crippen LogP contribution >= 0.6 is 23.8 Å². The Hall–Kier alpha value is -2.38. The Labute approximate surface area is 163 Å². The molecule has 3 rings (SSSR count). The second-order valence-corrected chi connectivity index (χ2v) is 6.78. The molecule has 0 unspecified atom stereocenters. The van der Waals surface area contributed by atoms with Crippen molar-refractivity contribution < 1.29 is 0 Å². The molecule has 8 heteroatoms. The van der Waals surface area contributed by atoms with Crippen molar-refractivity contribution in [3.63, 3.8) is 0 Å². The Bertz CT molecular complexity index is 883. The van der Waals surface area contributed by atoms with Crippen molar-refractivity contribution in [2.75, 3.05) is 5.32 Å². The smallest absolute Gasteiger partial charge is 0.171 e. The highest BCUT2D eigenvalue weighted by Gasteiger charge is 2.07. The maximum absolute atomic E-state index is 5.91. The number of aromatic nitrogens is 4. The first-order chi connectivity index (χ1) is 12.5. The van der Waals surface area contributed by atoms with Crippen molar-refractivity contribution in [1.82, 2.24) is 24.9 Å². The molecule has 6 nitrogen and oxygen atoms in total. The van der Waals surface area contributed by atoms with Crippen molar-refractivity contribution in [3.05, 3.63) is 64.7 Å². The van der Waals surface area contributed by atoms with Crippen LogP contribution in [0.5, 0.6) is 0 Å². The molecular weight excluding hydrogens is 368 g/mol. The standard InChI is InChI=1S/C18H21ClN6S/c1-3-25-13(2)15(9-22-25)8-20-18(26)23-17-10-21-24(12-17)11-14-4-6-16(19)7-5-14/h4-7,9-10,12H,3,8,11H2,1-2H3,(H2,20,23,26). The third-order valence-electron chi connectivity index (χ3n) is 4.09. The Morgan fingerprint density at radius 2 is 1.96 bits per heavy atom. The molecule has 0 aliphatic rings. The molecule has 2 N–H and O–H groups in total. The van der Waals surface area contributed by atoms with Crippen LogP contribution in [0.15, 0.2) is 42.9 Å². The second-order valence-electron chi connectivity index (χ2n) is 5.93. The first kappa shape index (κ1) is 18.4. The number of halogens is 1. The van der Waals surface area contributed by atoms with Crippen molar-refractivity contribution in [2.24, 2.45) is 0 Å². The van der Waals surface area contributed by atoms with E-state index >= 15 is 0 Å². The zero-order chi connectivity index (χ0) is 18.5. The topological polar surface area (TPSA) is 59.7 Å². The molecule has 136 valence electrons. The van der Waals surface area contributed by atoms with E-state index in [1.165, 1.54) is 0 Å². The fourth-order valence-electron chi connectivity index (χ4n) is 2.62. The molecule has 26 heavy (non-hydrogen) atoms. The number of hydrogen-bond donors (Lipinski definition) is 2. The summed E-state index contributed by atoms with van der Waals surface area (Å²) in [6, 6.07) is 7.73. The SMILES string of the molecule is CCn1ncc(CNC(=S)Nc2cnn(Cc3ccc(Cl)cc3)c2)c1C. The van der Waals surface area contributed by atoms with Gasteiger partial charge in [-0.15, -0.1) is 0 Å². The fraction of sp³-hybridized carbons (Fsp3) is 0.278. The van der Waals surface area contributed by atoms with Gasteiger partial charge >= 0.3 is 0 Å². The Kier molecular flexibility index (Phi) is 5.90. The van der Waals surface area contributed by atoms with Gasteiger partial charge in [0.15, 0.2) is 5.11 Å². The van der Waals surface area contributed by atoms with Crippen LogP contribution < -0.4 is 10.6 Å². The summed E-state index contributed by atoms with van der Waals surface area (Å²) >= 11 is 11.3.